The monoisotopic (exact) mass is 289 g/mol. The fraction of sp³-hybridized carbons (Fsp3) is 0.0667. The van der Waals surface area contributed by atoms with Crippen LogP contribution in [0.2, 0.25) is 0 Å². The second-order valence-corrected chi connectivity index (χ2v) is 4.49. The van der Waals surface area contributed by atoms with Crippen molar-refractivity contribution < 1.29 is 23.1 Å². The number of carbonyl (C=O) groups is 1. The summed E-state index contributed by atoms with van der Waals surface area (Å²) in [6, 6.07) is 7.13. The van der Waals surface area contributed by atoms with Gasteiger partial charge in [0.15, 0.2) is 5.75 Å². The molecule has 4 nitrogen and oxygen atoms in total. The smallest absolute Gasteiger partial charge is 0.273 e. The summed E-state index contributed by atoms with van der Waals surface area (Å²) in [5.41, 5.74) is -0.243. The van der Waals surface area contributed by atoms with E-state index in [1.54, 1.807) is 6.07 Å². The predicted molar refractivity (Wildman–Crippen MR) is 71.1 cm³/mol. The van der Waals surface area contributed by atoms with Crippen molar-refractivity contribution in [3.63, 3.8) is 0 Å². The number of ketones is 1. The van der Waals surface area contributed by atoms with Gasteiger partial charge in [-0.1, -0.05) is 6.07 Å². The Morgan fingerprint density at radius 3 is 2.43 bits per heavy atom. The van der Waals surface area contributed by atoms with E-state index in [1.807, 2.05) is 0 Å². The van der Waals surface area contributed by atoms with E-state index in [9.17, 15) is 18.8 Å². The Labute approximate surface area is 118 Å². The molecule has 21 heavy (non-hydrogen) atoms. The maximum absolute atomic E-state index is 13.3. The second kappa shape index (κ2) is 4.66. The number of ether oxygens (including phenoxy) is 1. The zero-order valence-corrected chi connectivity index (χ0v) is 10.9. The summed E-state index contributed by atoms with van der Waals surface area (Å²) in [4.78, 5) is 12.3. The van der Waals surface area contributed by atoms with Gasteiger partial charge in [-0.15, -0.1) is 0 Å². The minimum atomic E-state index is -0.860. The minimum Gasteiger partial charge on any atom is -0.618 e. The van der Waals surface area contributed by atoms with Crippen LogP contribution in [0.3, 0.4) is 0 Å². The summed E-state index contributed by atoms with van der Waals surface area (Å²) in [6.07, 6.45) is 0. The molecule has 0 unspecified atom stereocenters. The Morgan fingerprint density at radius 2 is 1.81 bits per heavy atom. The van der Waals surface area contributed by atoms with Crippen LogP contribution in [0.25, 0.3) is 0 Å². The topological polar surface area (TPSA) is 52.4 Å². The van der Waals surface area contributed by atoms with E-state index in [0.29, 0.717) is 10.8 Å². The largest absolute Gasteiger partial charge is 0.618 e. The normalized spacial score (nSPS) is 13.6. The van der Waals surface area contributed by atoms with E-state index in [2.05, 4.69) is 0 Å². The molecular weight excluding hydrogens is 280 g/mol. The number of Topliss-reactive ketones (excluding diaryl/α,β-unsaturated/α-hetero) is 1. The quantitative estimate of drug-likeness (QED) is 0.631. The number of halogens is 2. The highest BCUT2D eigenvalue weighted by Crippen LogP contribution is 2.36. The molecule has 0 radical (unpaired) electrons. The third-order valence-electron chi connectivity index (χ3n) is 3.22. The van der Waals surface area contributed by atoms with Crippen molar-refractivity contribution >= 4 is 17.2 Å². The average molecular weight is 289 g/mol. The van der Waals surface area contributed by atoms with Gasteiger partial charge in [-0.25, -0.2) is 8.78 Å². The first-order valence-electron chi connectivity index (χ1n) is 6.05. The Morgan fingerprint density at radius 1 is 1.14 bits per heavy atom. The van der Waals surface area contributed by atoms with Crippen LogP contribution in [0.15, 0.2) is 36.4 Å². The van der Waals surface area contributed by atoms with E-state index < -0.39 is 17.4 Å². The fourth-order valence-electron chi connectivity index (χ4n) is 2.35. The SMILES string of the molecule is COc1cccc2c1[N+]([O-])=C(c1cc(F)cc(F)c1)C2=O. The minimum absolute atomic E-state index is 0.0460. The maximum Gasteiger partial charge on any atom is 0.273 e. The average Bonchev–Trinajstić information content (AvgIpc) is 2.70. The van der Waals surface area contributed by atoms with E-state index >= 15 is 0 Å². The third kappa shape index (κ3) is 1.96. The zero-order valence-electron chi connectivity index (χ0n) is 10.9. The molecule has 0 saturated carbocycles. The first-order valence-corrected chi connectivity index (χ1v) is 6.05. The third-order valence-corrected chi connectivity index (χ3v) is 3.22. The molecule has 0 atom stereocenters. The number of hydrogen-bond donors (Lipinski definition) is 0. The Hall–Kier alpha value is -2.76. The highest BCUT2D eigenvalue weighted by atomic mass is 19.1. The number of nitrogens with zero attached hydrogens (tertiary/aromatic N) is 1. The van der Waals surface area contributed by atoms with Gasteiger partial charge in [0, 0.05) is 6.07 Å². The van der Waals surface area contributed by atoms with Crippen LogP contribution in [0, 0.1) is 16.8 Å². The highest BCUT2D eigenvalue weighted by molar-refractivity contribution is 6.52. The van der Waals surface area contributed by atoms with Gasteiger partial charge in [0.1, 0.15) is 17.2 Å². The number of fused-ring (bicyclic) bond motifs is 1. The van der Waals surface area contributed by atoms with Crippen molar-refractivity contribution in [2.75, 3.05) is 7.11 Å². The van der Waals surface area contributed by atoms with Crippen molar-refractivity contribution in [3.05, 3.63) is 64.4 Å². The Kier molecular flexibility index (Phi) is 2.94. The van der Waals surface area contributed by atoms with Crippen molar-refractivity contribution in [3.8, 4) is 5.75 Å². The number of hydrogen-bond acceptors (Lipinski definition) is 3. The lowest BCUT2D eigenvalue weighted by Crippen LogP contribution is -2.17. The fourth-order valence-corrected chi connectivity index (χ4v) is 2.35. The molecular formula is C15H9F2NO3. The summed E-state index contributed by atoms with van der Waals surface area (Å²) >= 11 is 0. The number of benzene rings is 2. The summed E-state index contributed by atoms with van der Waals surface area (Å²) in [6.45, 7) is 0. The van der Waals surface area contributed by atoms with Crippen LogP contribution in [-0.2, 0) is 0 Å². The van der Waals surface area contributed by atoms with Crippen LogP contribution in [0.4, 0.5) is 14.5 Å². The number of carbonyl (C=O) groups excluding carboxylic acids is 1. The van der Waals surface area contributed by atoms with E-state index in [1.165, 1.54) is 19.2 Å². The summed E-state index contributed by atoms with van der Waals surface area (Å²) < 4.78 is 32.0. The van der Waals surface area contributed by atoms with Crippen molar-refractivity contribution in [2.24, 2.45) is 0 Å². The lowest BCUT2D eigenvalue weighted by Gasteiger charge is -2.06. The Balaban J connectivity index is 2.25. The van der Waals surface area contributed by atoms with Gasteiger partial charge in [0.05, 0.1) is 12.7 Å². The van der Waals surface area contributed by atoms with Crippen LogP contribution < -0.4 is 4.74 Å². The van der Waals surface area contributed by atoms with Crippen molar-refractivity contribution in [2.45, 2.75) is 0 Å². The summed E-state index contributed by atoms with van der Waals surface area (Å²) in [5, 5.41) is 12.3. The molecule has 6 heteroatoms. The van der Waals surface area contributed by atoms with E-state index in [4.69, 9.17) is 4.74 Å². The lowest BCUT2D eigenvalue weighted by atomic mass is 10.0. The molecule has 0 fully saturated rings. The molecule has 0 bridgehead atoms. The molecule has 0 N–H and O–H groups in total. The molecule has 1 heterocycles. The van der Waals surface area contributed by atoms with Crippen molar-refractivity contribution in [1.29, 1.82) is 0 Å². The number of para-hydroxylation sites is 1. The highest BCUT2D eigenvalue weighted by Gasteiger charge is 2.39. The lowest BCUT2D eigenvalue weighted by molar-refractivity contribution is -0.356. The molecule has 106 valence electrons. The molecule has 1 aliphatic rings. The van der Waals surface area contributed by atoms with Gasteiger partial charge in [-0.05, 0) is 24.3 Å². The van der Waals surface area contributed by atoms with Crippen LogP contribution >= 0.6 is 0 Å². The molecule has 2 aromatic rings. The van der Waals surface area contributed by atoms with Gasteiger partial charge < -0.3 is 9.94 Å². The molecule has 0 amide bonds. The standard InChI is InChI=1S/C15H9F2NO3/c1-21-12-4-2-3-11-14(12)18(20)13(15(11)19)8-5-9(16)7-10(17)6-8/h2-7H,1H3. The predicted octanol–water partition coefficient (Wildman–Crippen LogP) is 2.80. The number of rotatable bonds is 2. The second-order valence-electron chi connectivity index (χ2n) is 4.49. The molecule has 0 aromatic heterocycles. The first-order chi connectivity index (χ1) is 10.0. The molecule has 0 saturated heterocycles. The van der Waals surface area contributed by atoms with Gasteiger partial charge in [0.2, 0.25) is 0 Å². The molecule has 0 spiro atoms. The molecule has 3 rings (SSSR count). The van der Waals surface area contributed by atoms with Crippen LogP contribution in [0.5, 0.6) is 5.75 Å². The van der Waals surface area contributed by atoms with Gasteiger partial charge in [-0.2, -0.15) is 4.74 Å². The van der Waals surface area contributed by atoms with E-state index in [0.717, 1.165) is 12.1 Å². The Bertz CT molecular complexity index is 779. The zero-order chi connectivity index (χ0) is 15.1. The van der Waals surface area contributed by atoms with Crippen molar-refractivity contribution in [1.82, 2.24) is 0 Å². The number of methoxy groups -OCH3 is 1. The van der Waals surface area contributed by atoms with Gasteiger partial charge in [-0.3, -0.25) is 4.79 Å². The maximum atomic E-state index is 13.3. The van der Waals surface area contributed by atoms with Gasteiger partial charge in [0.25, 0.3) is 17.2 Å². The van der Waals surface area contributed by atoms with Crippen LogP contribution in [0.1, 0.15) is 15.9 Å². The molecule has 0 aliphatic carbocycles. The van der Waals surface area contributed by atoms with Gasteiger partial charge >= 0.3 is 0 Å². The molecule has 1 aliphatic heterocycles. The summed E-state index contributed by atoms with van der Waals surface area (Å²) in [5.74, 6) is -2.09. The molecule has 2 aromatic carbocycles. The first kappa shape index (κ1) is 13.2. The van der Waals surface area contributed by atoms with E-state index in [-0.39, 0.29) is 28.3 Å². The van der Waals surface area contributed by atoms with Crippen LogP contribution in [-0.4, -0.2) is 23.3 Å². The summed E-state index contributed by atoms with van der Waals surface area (Å²) in [7, 11) is 1.37.